The van der Waals surface area contributed by atoms with Gasteiger partial charge in [0.15, 0.2) is 0 Å². The Kier molecular flexibility index (Phi) is 5.53. The molecule has 1 rings (SSSR count). The molecule has 0 saturated heterocycles. The number of hydrogen-bond donors (Lipinski definition) is 1. The number of likely N-dealkylation sites (N-methyl/N-ethyl adjacent to an activating group) is 1. The Morgan fingerprint density at radius 1 is 1.47 bits per heavy atom. The zero-order valence-corrected chi connectivity index (χ0v) is 12.1. The molecule has 106 valence electrons. The van der Waals surface area contributed by atoms with E-state index < -0.39 is 10.0 Å². The van der Waals surface area contributed by atoms with Gasteiger partial charge >= 0.3 is 0 Å². The van der Waals surface area contributed by atoms with E-state index in [1.54, 1.807) is 25.1 Å². The van der Waals surface area contributed by atoms with Crippen LogP contribution in [-0.4, -0.2) is 32.9 Å². The number of ether oxygens (including phenoxy) is 1. The van der Waals surface area contributed by atoms with Gasteiger partial charge in [-0.15, -0.1) is 6.58 Å². The van der Waals surface area contributed by atoms with Crippen molar-refractivity contribution < 1.29 is 13.2 Å². The second-order valence-electron chi connectivity index (χ2n) is 3.92. The minimum Gasteiger partial charge on any atom is -0.496 e. The lowest BCUT2D eigenvalue weighted by molar-refractivity contribution is 0.409. The predicted octanol–water partition coefficient (Wildman–Crippen LogP) is 1.35. The molecule has 0 heterocycles. The molecular formula is C13H20N2O3S. The Balaban J connectivity index is 3.24. The van der Waals surface area contributed by atoms with Crippen LogP contribution in [0.4, 0.5) is 0 Å². The summed E-state index contributed by atoms with van der Waals surface area (Å²) in [6.07, 6.45) is 1.56. The van der Waals surface area contributed by atoms with E-state index in [4.69, 9.17) is 10.5 Å². The van der Waals surface area contributed by atoms with Crippen LogP contribution in [0.2, 0.25) is 0 Å². The summed E-state index contributed by atoms with van der Waals surface area (Å²) in [7, 11) is -1.99. The lowest BCUT2D eigenvalue weighted by Crippen LogP contribution is -2.31. The molecule has 0 unspecified atom stereocenters. The van der Waals surface area contributed by atoms with Crippen LogP contribution in [-0.2, 0) is 16.6 Å². The first-order chi connectivity index (χ1) is 9.01. The first-order valence-corrected chi connectivity index (χ1v) is 7.43. The van der Waals surface area contributed by atoms with Crippen molar-refractivity contribution in [1.29, 1.82) is 0 Å². The van der Waals surface area contributed by atoms with Gasteiger partial charge in [-0.3, -0.25) is 0 Å². The van der Waals surface area contributed by atoms with E-state index in [0.717, 1.165) is 0 Å². The molecule has 0 aromatic heterocycles. The number of rotatable bonds is 7. The highest BCUT2D eigenvalue weighted by molar-refractivity contribution is 7.89. The van der Waals surface area contributed by atoms with Gasteiger partial charge in [-0.1, -0.05) is 13.0 Å². The monoisotopic (exact) mass is 284 g/mol. The van der Waals surface area contributed by atoms with Crippen molar-refractivity contribution in [3.05, 3.63) is 36.4 Å². The van der Waals surface area contributed by atoms with Crippen LogP contribution in [0, 0.1) is 0 Å². The number of sulfonamides is 1. The standard InChI is InChI=1S/C13H20N2O3S/c1-4-8-15(5-2)19(16,17)12-6-7-13(18-3)11(9-12)10-14/h4,6-7,9H,1,5,8,10,14H2,2-3H3. The van der Waals surface area contributed by atoms with Gasteiger partial charge in [0.25, 0.3) is 0 Å². The average Bonchev–Trinajstić information content (AvgIpc) is 2.43. The van der Waals surface area contributed by atoms with Crippen molar-refractivity contribution >= 4 is 10.0 Å². The van der Waals surface area contributed by atoms with Crippen molar-refractivity contribution in [3.63, 3.8) is 0 Å². The van der Waals surface area contributed by atoms with E-state index in [9.17, 15) is 8.42 Å². The molecule has 0 aliphatic rings. The van der Waals surface area contributed by atoms with Crippen LogP contribution in [0.3, 0.4) is 0 Å². The molecule has 0 aliphatic carbocycles. The minimum absolute atomic E-state index is 0.220. The maximum atomic E-state index is 12.4. The molecule has 6 heteroatoms. The molecule has 2 N–H and O–H groups in total. The first kappa shape index (κ1) is 15.7. The Morgan fingerprint density at radius 3 is 2.63 bits per heavy atom. The van der Waals surface area contributed by atoms with E-state index in [2.05, 4.69) is 6.58 Å². The molecule has 19 heavy (non-hydrogen) atoms. The van der Waals surface area contributed by atoms with Crippen LogP contribution in [0.1, 0.15) is 12.5 Å². The quantitative estimate of drug-likeness (QED) is 0.767. The van der Waals surface area contributed by atoms with Crippen molar-refractivity contribution in [1.82, 2.24) is 4.31 Å². The Morgan fingerprint density at radius 2 is 2.16 bits per heavy atom. The summed E-state index contributed by atoms with van der Waals surface area (Å²) in [6, 6.07) is 4.70. The van der Waals surface area contributed by atoms with Gasteiger partial charge in [0, 0.05) is 25.2 Å². The van der Waals surface area contributed by atoms with Gasteiger partial charge in [0.1, 0.15) is 5.75 Å². The van der Waals surface area contributed by atoms with E-state index in [1.165, 1.54) is 17.5 Å². The lowest BCUT2D eigenvalue weighted by Gasteiger charge is -2.19. The molecule has 1 aromatic carbocycles. The lowest BCUT2D eigenvalue weighted by atomic mass is 10.2. The Bertz CT molecular complexity index is 541. The third-order valence-corrected chi connectivity index (χ3v) is 4.73. The average molecular weight is 284 g/mol. The summed E-state index contributed by atoms with van der Waals surface area (Å²) in [5.74, 6) is 0.591. The number of nitrogens with two attached hydrogens (primary N) is 1. The van der Waals surface area contributed by atoms with Crippen molar-refractivity contribution in [2.45, 2.75) is 18.4 Å². The largest absolute Gasteiger partial charge is 0.496 e. The van der Waals surface area contributed by atoms with Crippen LogP contribution in [0.25, 0.3) is 0 Å². The molecule has 0 spiro atoms. The summed E-state index contributed by atoms with van der Waals surface area (Å²) < 4.78 is 31.3. The van der Waals surface area contributed by atoms with E-state index in [-0.39, 0.29) is 18.0 Å². The minimum atomic E-state index is -3.52. The number of hydrogen-bond acceptors (Lipinski definition) is 4. The zero-order chi connectivity index (χ0) is 14.5. The van der Waals surface area contributed by atoms with Crippen LogP contribution in [0.5, 0.6) is 5.75 Å². The Labute approximate surface area is 114 Å². The topological polar surface area (TPSA) is 72.6 Å². The predicted molar refractivity (Wildman–Crippen MR) is 75.5 cm³/mol. The third-order valence-electron chi connectivity index (χ3n) is 2.79. The molecule has 0 atom stereocenters. The van der Waals surface area contributed by atoms with Gasteiger partial charge < -0.3 is 10.5 Å². The highest BCUT2D eigenvalue weighted by Gasteiger charge is 2.22. The van der Waals surface area contributed by atoms with Crippen LogP contribution in [0.15, 0.2) is 35.7 Å². The molecule has 1 aromatic rings. The maximum Gasteiger partial charge on any atom is 0.243 e. The van der Waals surface area contributed by atoms with Gasteiger partial charge in [-0.05, 0) is 18.2 Å². The number of nitrogens with zero attached hydrogens (tertiary/aromatic N) is 1. The second-order valence-corrected chi connectivity index (χ2v) is 5.86. The van der Waals surface area contributed by atoms with E-state index in [0.29, 0.717) is 17.9 Å². The molecule has 0 aliphatic heterocycles. The number of methoxy groups -OCH3 is 1. The van der Waals surface area contributed by atoms with Gasteiger partial charge in [0.05, 0.1) is 12.0 Å². The van der Waals surface area contributed by atoms with Gasteiger partial charge in [-0.2, -0.15) is 4.31 Å². The fourth-order valence-electron chi connectivity index (χ4n) is 1.77. The first-order valence-electron chi connectivity index (χ1n) is 5.99. The summed E-state index contributed by atoms with van der Waals surface area (Å²) in [6.45, 7) is 6.25. The summed E-state index contributed by atoms with van der Waals surface area (Å²) in [4.78, 5) is 0.220. The Hall–Kier alpha value is -1.37. The summed E-state index contributed by atoms with van der Waals surface area (Å²) in [5, 5.41) is 0. The molecule has 0 bridgehead atoms. The fourth-order valence-corrected chi connectivity index (χ4v) is 3.24. The summed E-state index contributed by atoms with van der Waals surface area (Å²) in [5.41, 5.74) is 6.27. The zero-order valence-electron chi connectivity index (χ0n) is 11.3. The fraction of sp³-hybridized carbons (Fsp3) is 0.385. The van der Waals surface area contributed by atoms with Crippen molar-refractivity contribution in [3.8, 4) is 5.75 Å². The molecule has 5 nitrogen and oxygen atoms in total. The highest BCUT2D eigenvalue weighted by Crippen LogP contribution is 2.24. The molecular weight excluding hydrogens is 264 g/mol. The van der Waals surface area contributed by atoms with Gasteiger partial charge in [0.2, 0.25) is 10.0 Å². The molecule has 0 amide bonds. The second kappa shape index (κ2) is 6.70. The third kappa shape index (κ3) is 3.34. The van der Waals surface area contributed by atoms with Crippen molar-refractivity contribution in [2.75, 3.05) is 20.2 Å². The number of benzene rings is 1. The molecule has 0 fully saturated rings. The summed E-state index contributed by atoms with van der Waals surface area (Å²) >= 11 is 0. The van der Waals surface area contributed by atoms with E-state index >= 15 is 0 Å². The van der Waals surface area contributed by atoms with E-state index in [1.807, 2.05) is 0 Å². The smallest absolute Gasteiger partial charge is 0.243 e. The molecule has 0 radical (unpaired) electrons. The van der Waals surface area contributed by atoms with Crippen LogP contribution >= 0.6 is 0 Å². The van der Waals surface area contributed by atoms with Gasteiger partial charge in [-0.25, -0.2) is 8.42 Å². The van der Waals surface area contributed by atoms with Crippen LogP contribution < -0.4 is 10.5 Å². The maximum absolute atomic E-state index is 12.4. The molecule has 0 saturated carbocycles. The SMILES string of the molecule is C=CCN(CC)S(=O)(=O)c1ccc(OC)c(CN)c1. The van der Waals surface area contributed by atoms with Crippen molar-refractivity contribution in [2.24, 2.45) is 5.73 Å². The normalized spacial score (nSPS) is 11.6. The highest BCUT2D eigenvalue weighted by atomic mass is 32.2.